The summed E-state index contributed by atoms with van der Waals surface area (Å²) < 4.78 is 6.55. The Kier molecular flexibility index (Phi) is 5.80. The standard InChI is InChI=1S/C11H18N4O4/c1-15-5-4-12-9(15)7-13-11(18)14-8(10(16)17)3-6-19-2/h4-5,8H,3,6-7H2,1-2H3,(H,16,17)(H2,13,14,18). The van der Waals surface area contributed by atoms with Crippen molar-refractivity contribution in [3.63, 3.8) is 0 Å². The first-order chi connectivity index (χ1) is 9.04. The number of carbonyl (C=O) groups is 2. The van der Waals surface area contributed by atoms with E-state index in [4.69, 9.17) is 9.84 Å². The van der Waals surface area contributed by atoms with Crippen molar-refractivity contribution >= 4 is 12.0 Å². The van der Waals surface area contributed by atoms with E-state index in [1.807, 2.05) is 0 Å². The minimum absolute atomic E-state index is 0.210. The van der Waals surface area contributed by atoms with Crippen LogP contribution in [0.4, 0.5) is 4.79 Å². The number of urea groups is 1. The molecule has 0 bridgehead atoms. The summed E-state index contributed by atoms with van der Waals surface area (Å²) in [5, 5.41) is 13.8. The van der Waals surface area contributed by atoms with Crippen molar-refractivity contribution in [2.45, 2.75) is 19.0 Å². The maximum atomic E-state index is 11.6. The number of amides is 2. The SMILES string of the molecule is COCCC(NC(=O)NCc1nccn1C)C(=O)O. The highest BCUT2D eigenvalue weighted by Gasteiger charge is 2.19. The summed E-state index contributed by atoms with van der Waals surface area (Å²) in [6.45, 7) is 0.489. The second kappa shape index (κ2) is 7.37. The molecule has 0 radical (unpaired) electrons. The van der Waals surface area contributed by atoms with E-state index in [0.29, 0.717) is 5.82 Å². The van der Waals surface area contributed by atoms with E-state index in [1.54, 1.807) is 24.0 Å². The number of ether oxygens (including phenoxy) is 1. The molecule has 19 heavy (non-hydrogen) atoms. The van der Waals surface area contributed by atoms with Gasteiger partial charge in [-0.05, 0) is 0 Å². The minimum atomic E-state index is -1.09. The Labute approximate surface area is 110 Å². The highest BCUT2D eigenvalue weighted by Crippen LogP contribution is 1.95. The normalized spacial score (nSPS) is 11.9. The summed E-state index contributed by atoms with van der Waals surface area (Å²) in [5.74, 6) is -0.414. The molecule has 0 fully saturated rings. The molecule has 1 aromatic heterocycles. The van der Waals surface area contributed by atoms with Crippen molar-refractivity contribution in [1.29, 1.82) is 0 Å². The molecule has 0 aliphatic carbocycles. The van der Waals surface area contributed by atoms with Crippen LogP contribution in [0.2, 0.25) is 0 Å². The highest BCUT2D eigenvalue weighted by molar-refractivity contribution is 5.82. The Hall–Kier alpha value is -2.09. The van der Waals surface area contributed by atoms with Gasteiger partial charge in [0, 0.05) is 39.6 Å². The number of methoxy groups -OCH3 is 1. The lowest BCUT2D eigenvalue weighted by Gasteiger charge is -2.14. The van der Waals surface area contributed by atoms with Crippen LogP contribution in [0.5, 0.6) is 0 Å². The number of carbonyl (C=O) groups excluding carboxylic acids is 1. The molecule has 1 heterocycles. The molecule has 0 saturated carbocycles. The second-order valence-electron chi connectivity index (χ2n) is 3.95. The number of aryl methyl sites for hydroxylation is 1. The van der Waals surface area contributed by atoms with Gasteiger partial charge in [0.1, 0.15) is 11.9 Å². The van der Waals surface area contributed by atoms with E-state index in [1.165, 1.54) is 7.11 Å². The lowest BCUT2D eigenvalue weighted by Crippen LogP contribution is -2.46. The number of hydrogen-bond donors (Lipinski definition) is 3. The molecule has 1 rings (SSSR count). The van der Waals surface area contributed by atoms with Gasteiger partial charge in [0.2, 0.25) is 0 Å². The second-order valence-corrected chi connectivity index (χ2v) is 3.95. The monoisotopic (exact) mass is 270 g/mol. The fraction of sp³-hybridized carbons (Fsp3) is 0.545. The Balaban J connectivity index is 2.40. The Morgan fingerprint density at radius 3 is 2.84 bits per heavy atom. The zero-order valence-corrected chi connectivity index (χ0v) is 10.9. The number of carboxylic acids is 1. The first-order valence-electron chi connectivity index (χ1n) is 5.77. The zero-order chi connectivity index (χ0) is 14.3. The maximum absolute atomic E-state index is 11.6. The number of imidazole rings is 1. The van der Waals surface area contributed by atoms with Gasteiger partial charge in [-0.25, -0.2) is 14.6 Å². The van der Waals surface area contributed by atoms with Crippen molar-refractivity contribution in [3.05, 3.63) is 18.2 Å². The van der Waals surface area contributed by atoms with Crippen LogP contribution in [-0.2, 0) is 23.1 Å². The van der Waals surface area contributed by atoms with E-state index < -0.39 is 18.0 Å². The highest BCUT2D eigenvalue weighted by atomic mass is 16.5. The summed E-state index contributed by atoms with van der Waals surface area (Å²) in [6, 6.07) is -1.52. The van der Waals surface area contributed by atoms with Gasteiger partial charge in [-0.3, -0.25) is 0 Å². The first kappa shape index (κ1) is 15.0. The molecule has 0 spiro atoms. The van der Waals surface area contributed by atoms with Crippen molar-refractivity contribution in [2.24, 2.45) is 7.05 Å². The van der Waals surface area contributed by atoms with Crippen molar-refractivity contribution < 1.29 is 19.4 Å². The number of hydrogen-bond acceptors (Lipinski definition) is 4. The van der Waals surface area contributed by atoms with Crippen LogP contribution in [-0.4, -0.2) is 46.4 Å². The predicted molar refractivity (Wildman–Crippen MR) is 66.5 cm³/mol. The molecule has 106 valence electrons. The van der Waals surface area contributed by atoms with Gasteiger partial charge >= 0.3 is 12.0 Å². The summed E-state index contributed by atoms with van der Waals surface area (Å²) in [6.07, 6.45) is 3.59. The predicted octanol–water partition coefficient (Wildman–Crippen LogP) is -0.291. The van der Waals surface area contributed by atoms with Crippen LogP contribution in [0.25, 0.3) is 0 Å². The lowest BCUT2D eigenvalue weighted by atomic mass is 10.2. The van der Waals surface area contributed by atoms with Crippen LogP contribution in [0.1, 0.15) is 12.2 Å². The van der Waals surface area contributed by atoms with Gasteiger partial charge in [-0.1, -0.05) is 0 Å². The van der Waals surface area contributed by atoms with Gasteiger partial charge in [0.25, 0.3) is 0 Å². The van der Waals surface area contributed by atoms with Crippen LogP contribution >= 0.6 is 0 Å². The molecule has 8 nitrogen and oxygen atoms in total. The molecule has 8 heteroatoms. The smallest absolute Gasteiger partial charge is 0.326 e. The lowest BCUT2D eigenvalue weighted by molar-refractivity contribution is -0.139. The van der Waals surface area contributed by atoms with Crippen LogP contribution in [0.3, 0.4) is 0 Å². The van der Waals surface area contributed by atoms with Crippen LogP contribution in [0, 0.1) is 0 Å². The molecule has 2 amide bonds. The van der Waals surface area contributed by atoms with E-state index >= 15 is 0 Å². The van der Waals surface area contributed by atoms with Crippen LogP contribution in [0.15, 0.2) is 12.4 Å². The molecule has 1 aromatic rings. The molecule has 1 unspecified atom stereocenters. The number of aromatic nitrogens is 2. The third kappa shape index (κ3) is 4.96. The number of nitrogens with zero attached hydrogens (tertiary/aromatic N) is 2. The molecule has 0 aromatic carbocycles. The summed E-state index contributed by atoms with van der Waals surface area (Å²) >= 11 is 0. The zero-order valence-electron chi connectivity index (χ0n) is 10.9. The Morgan fingerprint density at radius 2 is 2.32 bits per heavy atom. The van der Waals surface area contributed by atoms with Gasteiger partial charge in [0.15, 0.2) is 0 Å². The topological polar surface area (TPSA) is 105 Å². The van der Waals surface area contributed by atoms with Crippen molar-refractivity contribution in [2.75, 3.05) is 13.7 Å². The molecule has 1 atom stereocenters. The Bertz CT molecular complexity index is 432. The van der Waals surface area contributed by atoms with Crippen LogP contribution < -0.4 is 10.6 Å². The first-order valence-corrected chi connectivity index (χ1v) is 5.77. The number of aliphatic carboxylic acids is 1. The Morgan fingerprint density at radius 1 is 1.58 bits per heavy atom. The fourth-order valence-electron chi connectivity index (χ4n) is 1.43. The summed E-state index contributed by atoms with van der Waals surface area (Å²) in [4.78, 5) is 26.5. The molecule has 0 saturated heterocycles. The number of nitrogens with one attached hydrogen (secondary N) is 2. The average molecular weight is 270 g/mol. The third-order valence-corrected chi connectivity index (χ3v) is 2.54. The average Bonchev–Trinajstić information content (AvgIpc) is 2.77. The quantitative estimate of drug-likeness (QED) is 0.631. The largest absolute Gasteiger partial charge is 0.480 e. The van der Waals surface area contributed by atoms with E-state index in [0.717, 1.165) is 0 Å². The van der Waals surface area contributed by atoms with Crippen molar-refractivity contribution in [3.8, 4) is 0 Å². The van der Waals surface area contributed by atoms with E-state index in [9.17, 15) is 9.59 Å². The van der Waals surface area contributed by atoms with Gasteiger partial charge in [-0.2, -0.15) is 0 Å². The molecule has 0 aliphatic heterocycles. The number of carboxylic acid groups (broad SMARTS) is 1. The summed E-state index contributed by atoms with van der Waals surface area (Å²) in [5.41, 5.74) is 0. The molecule has 3 N–H and O–H groups in total. The maximum Gasteiger partial charge on any atom is 0.326 e. The van der Waals surface area contributed by atoms with E-state index in [2.05, 4.69) is 15.6 Å². The molecular formula is C11H18N4O4. The number of rotatable bonds is 7. The van der Waals surface area contributed by atoms with Gasteiger partial charge < -0.3 is 25.0 Å². The van der Waals surface area contributed by atoms with E-state index in [-0.39, 0.29) is 19.6 Å². The molecular weight excluding hydrogens is 252 g/mol. The summed E-state index contributed by atoms with van der Waals surface area (Å²) in [7, 11) is 3.28. The molecule has 0 aliphatic rings. The van der Waals surface area contributed by atoms with Gasteiger partial charge in [0.05, 0.1) is 6.54 Å². The third-order valence-electron chi connectivity index (χ3n) is 2.54. The van der Waals surface area contributed by atoms with Gasteiger partial charge in [-0.15, -0.1) is 0 Å². The minimum Gasteiger partial charge on any atom is -0.480 e. The van der Waals surface area contributed by atoms with Crippen molar-refractivity contribution in [1.82, 2.24) is 20.2 Å². The fourth-order valence-corrected chi connectivity index (χ4v) is 1.43.